The molecule has 0 saturated carbocycles. The number of hydrogen-bond acceptors (Lipinski definition) is 4. The van der Waals surface area contributed by atoms with Crippen molar-refractivity contribution in [2.75, 3.05) is 0 Å². The number of aryl methyl sites for hydroxylation is 1. The number of halogens is 1. The van der Waals surface area contributed by atoms with Crippen molar-refractivity contribution in [1.82, 2.24) is 4.72 Å². The Labute approximate surface area is 283 Å². The van der Waals surface area contributed by atoms with Crippen LogP contribution in [0.2, 0.25) is 0 Å². The third-order valence-electron chi connectivity index (χ3n) is 9.01. The summed E-state index contributed by atoms with van der Waals surface area (Å²) in [5, 5.41) is 0. The van der Waals surface area contributed by atoms with Crippen LogP contribution in [-0.2, 0) is 19.6 Å². The standard InChI is InChI=1S/C40H32BrNO4S/c1-26-16-22-31(23-17-26)47(44,45)42-36(28-18-20-30(41)21-19-28)24-34(27-10-4-2-5-11-27)38-33-15-9-8-14-32(33)35-25-37(46-40(43)39(35)38)29-12-6-3-7-13-29/h2-25,34-35,38-39,42H,1H3/b36-24-/t34-,35-,38+,39-/m0/s1. The minimum atomic E-state index is -3.95. The maximum Gasteiger partial charge on any atom is 0.315 e. The molecule has 5 aromatic carbocycles. The fourth-order valence-corrected chi connectivity index (χ4v) is 8.12. The second-order valence-corrected chi connectivity index (χ2v) is 14.6. The molecule has 234 valence electrons. The van der Waals surface area contributed by atoms with Crippen LogP contribution in [0.1, 0.15) is 51.1 Å². The van der Waals surface area contributed by atoms with Gasteiger partial charge in [-0.25, -0.2) is 8.42 Å². The van der Waals surface area contributed by atoms with Crippen molar-refractivity contribution < 1.29 is 17.9 Å². The fraction of sp³-hybridized carbons (Fsp3) is 0.125. The van der Waals surface area contributed by atoms with E-state index in [1.807, 2.05) is 110 Å². The largest absolute Gasteiger partial charge is 0.426 e. The molecule has 1 N–H and O–H groups in total. The highest BCUT2D eigenvalue weighted by Crippen LogP contribution is 2.56. The van der Waals surface area contributed by atoms with Crippen LogP contribution in [-0.4, -0.2) is 14.4 Å². The number of ether oxygens (including phenoxy) is 1. The van der Waals surface area contributed by atoms with Gasteiger partial charge in [-0.15, -0.1) is 0 Å². The maximum absolute atomic E-state index is 14.1. The van der Waals surface area contributed by atoms with Crippen molar-refractivity contribution in [2.45, 2.75) is 29.6 Å². The van der Waals surface area contributed by atoms with Gasteiger partial charge in [-0.2, -0.15) is 0 Å². The summed E-state index contributed by atoms with van der Waals surface area (Å²) in [6, 6.07) is 42.1. The Bertz CT molecular complexity index is 2090. The van der Waals surface area contributed by atoms with Gasteiger partial charge in [0, 0.05) is 27.8 Å². The zero-order valence-corrected chi connectivity index (χ0v) is 28.0. The van der Waals surface area contributed by atoms with Gasteiger partial charge in [0.2, 0.25) is 0 Å². The van der Waals surface area contributed by atoms with E-state index in [0.29, 0.717) is 17.0 Å². The number of cyclic esters (lactones) is 1. The molecule has 0 spiro atoms. The number of allylic oxidation sites excluding steroid dienone is 2. The lowest BCUT2D eigenvalue weighted by Crippen LogP contribution is -2.30. The van der Waals surface area contributed by atoms with Crippen LogP contribution in [0.5, 0.6) is 0 Å². The summed E-state index contributed by atoms with van der Waals surface area (Å²) >= 11 is 3.51. The molecule has 2 aliphatic rings. The van der Waals surface area contributed by atoms with Gasteiger partial charge in [-0.1, -0.05) is 137 Å². The number of esters is 1. The monoisotopic (exact) mass is 701 g/mol. The quantitative estimate of drug-likeness (QED) is 0.164. The average molecular weight is 703 g/mol. The average Bonchev–Trinajstić information content (AvgIpc) is 3.42. The third kappa shape index (κ3) is 6.21. The molecule has 5 aromatic rings. The Morgan fingerprint density at radius 2 is 1.40 bits per heavy atom. The van der Waals surface area contributed by atoms with Crippen molar-refractivity contribution >= 4 is 43.4 Å². The number of nitrogens with one attached hydrogen (secondary N) is 1. The third-order valence-corrected chi connectivity index (χ3v) is 10.9. The summed E-state index contributed by atoms with van der Waals surface area (Å²) in [6.07, 6.45) is 4.04. The summed E-state index contributed by atoms with van der Waals surface area (Å²) in [4.78, 5) is 14.3. The zero-order valence-electron chi connectivity index (χ0n) is 25.6. The number of carbonyl (C=O) groups is 1. The summed E-state index contributed by atoms with van der Waals surface area (Å²) in [6.45, 7) is 1.92. The Morgan fingerprint density at radius 1 is 0.787 bits per heavy atom. The van der Waals surface area contributed by atoms with Gasteiger partial charge in [-0.3, -0.25) is 9.52 Å². The van der Waals surface area contributed by atoms with Crippen LogP contribution in [0.4, 0.5) is 0 Å². The highest BCUT2D eigenvalue weighted by Gasteiger charge is 2.50. The first-order valence-corrected chi connectivity index (χ1v) is 17.8. The van der Waals surface area contributed by atoms with E-state index >= 15 is 0 Å². The Kier molecular flexibility index (Phi) is 8.43. The molecule has 1 heterocycles. The molecular weight excluding hydrogens is 670 g/mol. The van der Waals surface area contributed by atoms with Gasteiger partial charge >= 0.3 is 5.97 Å². The molecule has 1 aliphatic heterocycles. The van der Waals surface area contributed by atoms with Gasteiger partial charge < -0.3 is 4.74 Å². The number of rotatable bonds is 8. The van der Waals surface area contributed by atoms with Crippen LogP contribution in [0, 0.1) is 12.8 Å². The normalized spacial score (nSPS) is 19.6. The van der Waals surface area contributed by atoms with Crippen LogP contribution in [0.25, 0.3) is 11.5 Å². The summed E-state index contributed by atoms with van der Waals surface area (Å²) in [7, 11) is -3.95. The number of carbonyl (C=O) groups excluding carboxylic acids is 1. The molecule has 0 amide bonds. The predicted molar refractivity (Wildman–Crippen MR) is 189 cm³/mol. The molecule has 7 rings (SSSR count). The van der Waals surface area contributed by atoms with E-state index in [9.17, 15) is 13.2 Å². The Balaban J connectivity index is 1.39. The van der Waals surface area contributed by atoms with Gasteiger partial charge in [0.15, 0.2) is 0 Å². The van der Waals surface area contributed by atoms with Crippen molar-refractivity contribution in [3.05, 3.63) is 183 Å². The molecular formula is C40H32BrNO4S. The van der Waals surface area contributed by atoms with E-state index in [-0.39, 0.29) is 28.6 Å². The molecule has 0 unspecified atom stereocenters. The molecule has 5 nitrogen and oxygen atoms in total. The Hall–Kier alpha value is -4.72. The molecule has 0 fully saturated rings. The molecule has 7 heteroatoms. The van der Waals surface area contributed by atoms with Crippen LogP contribution in [0.3, 0.4) is 0 Å². The lowest BCUT2D eigenvalue weighted by atomic mass is 9.74. The molecule has 0 saturated heterocycles. The molecule has 4 atom stereocenters. The summed E-state index contributed by atoms with van der Waals surface area (Å²) in [5.74, 6) is -1.16. The lowest BCUT2D eigenvalue weighted by molar-refractivity contribution is -0.143. The zero-order chi connectivity index (χ0) is 32.5. The number of sulfonamides is 1. The highest BCUT2D eigenvalue weighted by molar-refractivity contribution is 9.10. The van der Waals surface area contributed by atoms with E-state index in [1.165, 1.54) is 0 Å². The maximum atomic E-state index is 14.1. The predicted octanol–water partition coefficient (Wildman–Crippen LogP) is 8.96. The minimum absolute atomic E-state index is 0.170. The molecule has 0 radical (unpaired) electrons. The topological polar surface area (TPSA) is 72.5 Å². The number of fused-ring (bicyclic) bond motifs is 3. The first kappa shape index (κ1) is 30.9. The van der Waals surface area contributed by atoms with Crippen LogP contribution >= 0.6 is 15.9 Å². The van der Waals surface area contributed by atoms with Gasteiger partial charge in [0.05, 0.1) is 16.5 Å². The lowest BCUT2D eigenvalue weighted by Gasteiger charge is -2.32. The van der Waals surface area contributed by atoms with E-state index in [1.54, 1.807) is 24.3 Å². The summed E-state index contributed by atoms with van der Waals surface area (Å²) in [5.41, 5.74) is 6.03. The minimum Gasteiger partial charge on any atom is -0.426 e. The van der Waals surface area contributed by atoms with E-state index < -0.39 is 15.9 Å². The van der Waals surface area contributed by atoms with E-state index in [2.05, 4.69) is 38.9 Å². The van der Waals surface area contributed by atoms with Crippen molar-refractivity contribution in [1.29, 1.82) is 0 Å². The van der Waals surface area contributed by atoms with Gasteiger partial charge in [-0.05, 0) is 59.5 Å². The van der Waals surface area contributed by atoms with Crippen LogP contribution in [0.15, 0.2) is 155 Å². The van der Waals surface area contributed by atoms with Crippen LogP contribution < -0.4 is 4.72 Å². The smallest absolute Gasteiger partial charge is 0.315 e. The van der Waals surface area contributed by atoms with E-state index in [4.69, 9.17) is 4.74 Å². The number of benzene rings is 5. The molecule has 0 bridgehead atoms. The van der Waals surface area contributed by atoms with Crippen molar-refractivity contribution in [2.24, 2.45) is 5.92 Å². The van der Waals surface area contributed by atoms with E-state index in [0.717, 1.165) is 32.3 Å². The second kappa shape index (κ2) is 12.8. The Morgan fingerprint density at radius 3 is 2.09 bits per heavy atom. The highest BCUT2D eigenvalue weighted by atomic mass is 79.9. The first-order chi connectivity index (χ1) is 22.8. The second-order valence-electron chi connectivity index (χ2n) is 12.0. The van der Waals surface area contributed by atoms with Gasteiger partial charge in [0.1, 0.15) is 5.76 Å². The molecule has 47 heavy (non-hydrogen) atoms. The molecule has 0 aromatic heterocycles. The number of hydrogen-bond donors (Lipinski definition) is 1. The van der Waals surface area contributed by atoms with Crippen molar-refractivity contribution in [3.63, 3.8) is 0 Å². The summed E-state index contributed by atoms with van der Waals surface area (Å²) < 4.78 is 37.5. The first-order valence-electron chi connectivity index (χ1n) is 15.5. The fourth-order valence-electron chi connectivity index (χ4n) is 6.76. The van der Waals surface area contributed by atoms with Crippen molar-refractivity contribution in [3.8, 4) is 0 Å². The SMILES string of the molecule is Cc1ccc(S(=O)(=O)N/C(=C\[C@@H](c2ccccc2)[C@H]2c3ccccc3[C@@H]3C=C(c4ccccc4)OC(=O)[C@H]23)c2ccc(Br)cc2)cc1. The molecule has 1 aliphatic carbocycles. The van der Waals surface area contributed by atoms with Gasteiger partial charge in [0.25, 0.3) is 10.0 Å².